The number of nitrogens with two attached hydrogens (primary N) is 1. The molecule has 1 atom stereocenters. The van der Waals surface area contributed by atoms with E-state index in [0.29, 0.717) is 6.73 Å². The fourth-order valence-corrected chi connectivity index (χ4v) is 0.275. The minimum absolute atomic E-state index is 0.171. The predicted molar refractivity (Wildman–Crippen MR) is 32.0 cm³/mol. The van der Waals surface area contributed by atoms with E-state index < -0.39 is 0 Å². The molecular weight excluding hydrogens is 106 g/mol. The van der Waals surface area contributed by atoms with Crippen LogP contribution in [0, 0.1) is 0 Å². The van der Waals surface area contributed by atoms with Gasteiger partial charge in [0.2, 0.25) is 0 Å². The molecule has 50 valence electrons. The Morgan fingerprint density at radius 1 is 1.75 bits per heavy atom. The molecule has 0 saturated carbocycles. The standard InChI is InChI=1S/C4H13N3O/c1-6-4(5)7-3-8-2/h4,6-7H,3,5H2,1-2H3. The van der Waals surface area contributed by atoms with Crippen molar-refractivity contribution in [2.75, 3.05) is 20.9 Å². The zero-order valence-corrected chi connectivity index (χ0v) is 5.27. The summed E-state index contributed by atoms with van der Waals surface area (Å²) >= 11 is 0. The molecule has 8 heavy (non-hydrogen) atoms. The number of nitrogens with one attached hydrogen (secondary N) is 2. The first kappa shape index (κ1) is 7.84. The zero-order chi connectivity index (χ0) is 6.41. The van der Waals surface area contributed by atoms with Gasteiger partial charge in [-0.2, -0.15) is 0 Å². The van der Waals surface area contributed by atoms with Gasteiger partial charge >= 0.3 is 0 Å². The number of hydrogen-bond donors (Lipinski definition) is 3. The predicted octanol–water partition coefficient (Wildman–Crippen LogP) is -1.36. The normalized spacial score (nSPS) is 13.9. The molecule has 0 fully saturated rings. The lowest BCUT2D eigenvalue weighted by molar-refractivity contribution is 0.159. The number of ether oxygens (including phenoxy) is 1. The number of methoxy groups -OCH3 is 1. The van der Waals surface area contributed by atoms with Crippen molar-refractivity contribution in [2.45, 2.75) is 6.29 Å². The molecule has 0 aromatic rings. The molecule has 0 aliphatic heterocycles. The molecule has 0 heterocycles. The highest BCUT2D eigenvalue weighted by molar-refractivity contribution is 4.45. The average molecular weight is 119 g/mol. The molecule has 1 unspecified atom stereocenters. The van der Waals surface area contributed by atoms with Crippen molar-refractivity contribution in [1.29, 1.82) is 0 Å². The topological polar surface area (TPSA) is 59.3 Å². The quantitative estimate of drug-likeness (QED) is 0.400. The largest absolute Gasteiger partial charge is 0.369 e. The highest BCUT2D eigenvalue weighted by Gasteiger charge is 1.90. The molecule has 4 heteroatoms. The summed E-state index contributed by atoms with van der Waals surface area (Å²) in [6, 6.07) is 0. The van der Waals surface area contributed by atoms with Gasteiger partial charge in [-0.1, -0.05) is 0 Å². The fourth-order valence-electron chi connectivity index (χ4n) is 0.275. The van der Waals surface area contributed by atoms with Crippen LogP contribution in [0.25, 0.3) is 0 Å². The summed E-state index contributed by atoms with van der Waals surface area (Å²) in [7, 11) is 3.38. The minimum atomic E-state index is -0.171. The Kier molecular flexibility index (Phi) is 4.89. The van der Waals surface area contributed by atoms with E-state index >= 15 is 0 Å². The summed E-state index contributed by atoms with van der Waals surface area (Å²) in [4.78, 5) is 0. The van der Waals surface area contributed by atoms with Gasteiger partial charge in [-0.3, -0.25) is 10.6 Å². The van der Waals surface area contributed by atoms with Crippen LogP contribution < -0.4 is 16.4 Å². The van der Waals surface area contributed by atoms with Gasteiger partial charge in [0.05, 0.1) is 6.73 Å². The third-order valence-corrected chi connectivity index (χ3v) is 0.759. The van der Waals surface area contributed by atoms with E-state index in [0.717, 1.165) is 0 Å². The van der Waals surface area contributed by atoms with E-state index in [1.165, 1.54) is 0 Å². The van der Waals surface area contributed by atoms with E-state index in [1.54, 1.807) is 14.2 Å². The van der Waals surface area contributed by atoms with E-state index in [9.17, 15) is 0 Å². The van der Waals surface area contributed by atoms with Crippen molar-refractivity contribution in [3.8, 4) is 0 Å². The van der Waals surface area contributed by atoms with Gasteiger partial charge in [0.25, 0.3) is 0 Å². The Morgan fingerprint density at radius 3 is 2.75 bits per heavy atom. The van der Waals surface area contributed by atoms with Crippen molar-refractivity contribution in [2.24, 2.45) is 5.73 Å². The average Bonchev–Trinajstić information content (AvgIpc) is 1.83. The van der Waals surface area contributed by atoms with Gasteiger partial charge in [-0.15, -0.1) is 0 Å². The molecular formula is C4H13N3O. The van der Waals surface area contributed by atoms with Gasteiger partial charge < -0.3 is 10.5 Å². The maximum absolute atomic E-state index is 5.36. The second kappa shape index (κ2) is 4.99. The van der Waals surface area contributed by atoms with Crippen LogP contribution in [-0.2, 0) is 4.74 Å². The Balaban J connectivity index is 2.86. The molecule has 0 aromatic carbocycles. The molecule has 0 spiro atoms. The molecule has 0 rings (SSSR count). The summed E-state index contributed by atoms with van der Waals surface area (Å²) in [5.74, 6) is 0. The number of hydrogen-bond acceptors (Lipinski definition) is 4. The van der Waals surface area contributed by atoms with E-state index in [-0.39, 0.29) is 6.29 Å². The molecule has 0 radical (unpaired) electrons. The first-order valence-corrected chi connectivity index (χ1v) is 2.46. The van der Waals surface area contributed by atoms with Crippen LogP contribution in [0.4, 0.5) is 0 Å². The lowest BCUT2D eigenvalue weighted by atomic mass is 10.8. The van der Waals surface area contributed by atoms with E-state index in [1.807, 2.05) is 0 Å². The van der Waals surface area contributed by atoms with Crippen molar-refractivity contribution in [3.63, 3.8) is 0 Å². The fraction of sp³-hybridized carbons (Fsp3) is 1.00. The Morgan fingerprint density at radius 2 is 2.38 bits per heavy atom. The molecule has 0 bridgehead atoms. The molecule has 0 aromatic heterocycles. The monoisotopic (exact) mass is 119 g/mol. The van der Waals surface area contributed by atoms with Gasteiger partial charge in [-0.05, 0) is 7.05 Å². The van der Waals surface area contributed by atoms with Crippen LogP contribution >= 0.6 is 0 Å². The molecule has 0 aliphatic rings. The van der Waals surface area contributed by atoms with E-state index in [2.05, 4.69) is 15.4 Å². The maximum atomic E-state index is 5.36. The van der Waals surface area contributed by atoms with E-state index in [4.69, 9.17) is 5.73 Å². The van der Waals surface area contributed by atoms with Crippen LogP contribution in [-0.4, -0.2) is 27.2 Å². The third kappa shape index (κ3) is 4.01. The molecule has 4 nitrogen and oxygen atoms in total. The molecule has 0 aliphatic carbocycles. The maximum Gasteiger partial charge on any atom is 0.110 e. The minimum Gasteiger partial charge on any atom is -0.369 e. The summed E-state index contributed by atoms with van der Waals surface area (Å²) in [5, 5.41) is 5.61. The highest BCUT2D eigenvalue weighted by Crippen LogP contribution is 1.60. The summed E-state index contributed by atoms with van der Waals surface area (Å²) in [6.07, 6.45) is -0.171. The van der Waals surface area contributed by atoms with Crippen molar-refractivity contribution < 1.29 is 4.74 Å². The van der Waals surface area contributed by atoms with Crippen molar-refractivity contribution in [3.05, 3.63) is 0 Å². The van der Waals surface area contributed by atoms with Crippen LogP contribution in [0.5, 0.6) is 0 Å². The van der Waals surface area contributed by atoms with Gasteiger partial charge in [0, 0.05) is 7.11 Å². The second-order valence-corrected chi connectivity index (χ2v) is 1.40. The van der Waals surface area contributed by atoms with Crippen LogP contribution in [0.3, 0.4) is 0 Å². The molecule has 4 N–H and O–H groups in total. The summed E-state index contributed by atoms with van der Waals surface area (Å²) in [5.41, 5.74) is 5.36. The Hall–Kier alpha value is -0.160. The first-order chi connectivity index (χ1) is 3.81. The summed E-state index contributed by atoms with van der Waals surface area (Å²) < 4.78 is 4.68. The lowest BCUT2D eigenvalue weighted by Gasteiger charge is -2.10. The lowest BCUT2D eigenvalue weighted by Crippen LogP contribution is -2.48. The molecule has 0 amide bonds. The number of rotatable bonds is 4. The Bertz CT molecular complexity index is 50.5. The first-order valence-electron chi connectivity index (χ1n) is 2.46. The smallest absolute Gasteiger partial charge is 0.110 e. The summed E-state index contributed by atoms with van der Waals surface area (Å²) in [6.45, 7) is 0.474. The zero-order valence-electron chi connectivity index (χ0n) is 5.27. The van der Waals surface area contributed by atoms with Gasteiger partial charge in [-0.25, -0.2) is 0 Å². The van der Waals surface area contributed by atoms with Crippen LogP contribution in [0.15, 0.2) is 0 Å². The molecule has 0 saturated heterocycles. The highest BCUT2D eigenvalue weighted by atomic mass is 16.5. The van der Waals surface area contributed by atoms with Crippen LogP contribution in [0.2, 0.25) is 0 Å². The van der Waals surface area contributed by atoms with Gasteiger partial charge in [0.1, 0.15) is 6.29 Å². The van der Waals surface area contributed by atoms with Crippen LogP contribution in [0.1, 0.15) is 0 Å². The Labute approximate surface area is 49.4 Å². The third-order valence-electron chi connectivity index (χ3n) is 0.759. The van der Waals surface area contributed by atoms with Crippen molar-refractivity contribution in [1.82, 2.24) is 10.6 Å². The van der Waals surface area contributed by atoms with Crippen molar-refractivity contribution >= 4 is 0 Å². The van der Waals surface area contributed by atoms with Gasteiger partial charge in [0.15, 0.2) is 0 Å². The SMILES string of the molecule is CNC(N)NCOC. The second-order valence-electron chi connectivity index (χ2n) is 1.40.